The number of rotatable bonds is 2. The molecule has 4 heterocycles. The van der Waals surface area contributed by atoms with Crippen molar-refractivity contribution in [3.63, 3.8) is 0 Å². The molecule has 3 aromatic rings. The lowest BCUT2D eigenvalue weighted by Gasteiger charge is -2.46. The molecule has 0 aliphatic carbocycles. The first-order valence-electron chi connectivity index (χ1n) is 10.3. The lowest BCUT2D eigenvalue weighted by atomic mass is 9.80. The minimum absolute atomic E-state index is 0.0817. The molecule has 2 aromatic heterocycles. The van der Waals surface area contributed by atoms with Crippen molar-refractivity contribution < 1.29 is 9.53 Å². The summed E-state index contributed by atoms with van der Waals surface area (Å²) in [6.45, 7) is 4.03. The van der Waals surface area contributed by atoms with Crippen molar-refractivity contribution in [3.8, 4) is 5.75 Å². The molecule has 6 heteroatoms. The Morgan fingerprint density at radius 2 is 1.97 bits per heavy atom. The van der Waals surface area contributed by atoms with Gasteiger partial charge in [0.05, 0.1) is 6.04 Å². The maximum atomic E-state index is 13.1. The number of likely N-dealkylation sites (tertiary alicyclic amines) is 1. The Bertz CT molecular complexity index is 1070. The number of carbonyl (C=O) groups excluding carboxylic acids is 1. The van der Waals surface area contributed by atoms with Crippen molar-refractivity contribution in [3.05, 3.63) is 65.6 Å². The molecule has 0 radical (unpaired) electrons. The number of benzene rings is 1. The number of imidazole rings is 1. The predicted octanol–water partition coefficient (Wildman–Crippen LogP) is 3.36. The fourth-order valence-electron chi connectivity index (χ4n) is 4.57. The zero-order chi connectivity index (χ0) is 20.0. The first-order valence-corrected chi connectivity index (χ1v) is 10.3. The Labute approximate surface area is 170 Å². The molecule has 1 N–H and O–H groups in total. The van der Waals surface area contributed by atoms with Crippen LogP contribution >= 0.6 is 0 Å². The number of ether oxygens (including phenoxy) is 1. The lowest BCUT2D eigenvalue weighted by Crippen LogP contribution is -2.51. The van der Waals surface area contributed by atoms with Crippen LogP contribution in [0.15, 0.2) is 48.7 Å². The van der Waals surface area contributed by atoms with Gasteiger partial charge in [-0.1, -0.05) is 24.3 Å². The van der Waals surface area contributed by atoms with Crippen LogP contribution in [0.5, 0.6) is 5.75 Å². The zero-order valence-corrected chi connectivity index (χ0v) is 16.9. The van der Waals surface area contributed by atoms with E-state index in [9.17, 15) is 4.79 Å². The highest BCUT2D eigenvalue weighted by molar-refractivity contribution is 5.93. The van der Waals surface area contributed by atoms with Crippen LogP contribution in [0.4, 0.5) is 0 Å². The van der Waals surface area contributed by atoms with Crippen molar-refractivity contribution in [2.45, 2.75) is 37.8 Å². The van der Waals surface area contributed by atoms with Gasteiger partial charge in [0.2, 0.25) is 0 Å². The number of hydrogen-bond acceptors (Lipinski definition) is 4. The van der Waals surface area contributed by atoms with Gasteiger partial charge in [0.25, 0.3) is 5.91 Å². The van der Waals surface area contributed by atoms with Crippen LogP contribution in [0.1, 0.15) is 47.1 Å². The number of carbonyl (C=O) groups is 1. The van der Waals surface area contributed by atoms with E-state index in [1.54, 1.807) is 0 Å². The SMILES string of the molecule is Cc1cccc2nc(C(=O)N[C@H]3CC4(CCN(C)CC4)Oc4ccccc43)cn12. The van der Waals surface area contributed by atoms with E-state index >= 15 is 0 Å². The van der Waals surface area contributed by atoms with Crippen molar-refractivity contribution in [1.29, 1.82) is 0 Å². The number of piperidine rings is 1. The van der Waals surface area contributed by atoms with Gasteiger partial charge in [-0.05, 0) is 45.0 Å². The molecule has 1 spiro atoms. The van der Waals surface area contributed by atoms with Gasteiger partial charge < -0.3 is 19.4 Å². The Morgan fingerprint density at radius 3 is 2.76 bits per heavy atom. The molecule has 1 aromatic carbocycles. The van der Waals surface area contributed by atoms with Gasteiger partial charge >= 0.3 is 0 Å². The number of nitrogens with zero attached hydrogens (tertiary/aromatic N) is 3. The van der Waals surface area contributed by atoms with Crippen molar-refractivity contribution in [2.24, 2.45) is 0 Å². The Kier molecular flexibility index (Phi) is 4.32. The Morgan fingerprint density at radius 1 is 1.17 bits per heavy atom. The van der Waals surface area contributed by atoms with E-state index < -0.39 is 0 Å². The maximum absolute atomic E-state index is 13.1. The van der Waals surface area contributed by atoms with Crippen molar-refractivity contribution in [2.75, 3.05) is 20.1 Å². The van der Waals surface area contributed by atoms with Gasteiger partial charge in [0.15, 0.2) is 0 Å². The average Bonchev–Trinajstić information content (AvgIpc) is 3.16. The van der Waals surface area contributed by atoms with Crippen LogP contribution in [-0.2, 0) is 0 Å². The highest BCUT2D eigenvalue weighted by Crippen LogP contribution is 2.44. The minimum atomic E-state index is -0.214. The minimum Gasteiger partial charge on any atom is -0.487 e. The molecule has 0 bridgehead atoms. The van der Waals surface area contributed by atoms with Crippen LogP contribution in [0.25, 0.3) is 5.65 Å². The molecule has 2 aliphatic rings. The zero-order valence-electron chi connectivity index (χ0n) is 16.9. The molecule has 1 saturated heterocycles. The van der Waals surface area contributed by atoms with E-state index in [4.69, 9.17) is 4.74 Å². The molecule has 150 valence electrons. The molecule has 6 nitrogen and oxygen atoms in total. The van der Waals surface area contributed by atoms with Crippen molar-refractivity contribution >= 4 is 11.6 Å². The van der Waals surface area contributed by atoms with Crippen LogP contribution in [0, 0.1) is 6.92 Å². The van der Waals surface area contributed by atoms with E-state index in [0.717, 1.165) is 55.0 Å². The normalized spacial score (nSPS) is 21.0. The molecule has 29 heavy (non-hydrogen) atoms. The quantitative estimate of drug-likeness (QED) is 0.729. The summed E-state index contributed by atoms with van der Waals surface area (Å²) < 4.78 is 8.44. The third-order valence-corrected chi connectivity index (χ3v) is 6.33. The number of aryl methyl sites for hydroxylation is 1. The molecule has 0 saturated carbocycles. The number of nitrogens with one attached hydrogen (secondary N) is 1. The number of hydrogen-bond donors (Lipinski definition) is 1. The number of amides is 1. The highest BCUT2D eigenvalue weighted by Gasteiger charge is 2.43. The number of aromatic nitrogens is 2. The molecule has 1 fully saturated rings. The first-order chi connectivity index (χ1) is 14.0. The largest absolute Gasteiger partial charge is 0.487 e. The summed E-state index contributed by atoms with van der Waals surface area (Å²) in [5.41, 5.74) is 3.12. The summed E-state index contributed by atoms with van der Waals surface area (Å²) in [4.78, 5) is 19.9. The van der Waals surface area contributed by atoms with Crippen LogP contribution in [-0.4, -0.2) is 45.9 Å². The average molecular weight is 390 g/mol. The smallest absolute Gasteiger partial charge is 0.271 e. The van der Waals surface area contributed by atoms with Gasteiger partial charge in [0.1, 0.15) is 22.7 Å². The van der Waals surface area contributed by atoms with Gasteiger partial charge in [-0.15, -0.1) is 0 Å². The Balaban J connectivity index is 1.44. The number of fused-ring (bicyclic) bond motifs is 2. The summed E-state index contributed by atoms with van der Waals surface area (Å²) in [5.74, 6) is 0.748. The molecular weight excluding hydrogens is 364 g/mol. The predicted molar refractivity (Wildman–Crippen MR) is 111 cm³/mol. The van der Waals surface area contributed by atoms with E-state index in [2.05, 4.69) is 28.3 Å². The lowest BCUT2D eigenvalue weighted by molar-refractivity contribution is -0.0196. The van der Waals surface area contributed by atoms with Gasteiger partial charge in [-0.2, -0.15) is 0 Å². The van der Waals surface area contributed by atoms with Gasteiger partial charge in [-0.3, -0.25) is 4.79 Å². The standard InChI is InChI=1S/C23H26N4O2/c1-16-6-5-9-21-24-19(15-27(16)21)22(28)25-18-14-23(10-12-26(2)13-11-23)29-20-8-4-3-7-17(18)20/h3-9,15,18H,10-14H2,1-2H3,(H,25,28)/t18-/m0/s1. The topological polar surface area (TPSA) is 58.9 Å². The highest BCUT2D eigenvalue weighted by atomic mass is 16.5. The summed E-state index contributed by atoms with van der Waals surface area (Å²) >= 11 is 0. The van der Waals surface area contributed by atoms with Crippen molar-refractivity contribution in [1.82, 2.24) is 19.6 Å². The number of para-hydroxylation sites is 1. The molecule has 2 aliphatic heterocycles. The number of pyridine rings is 1. The second-order valence-corrected chi connectivity index (χ2v) is 8.38. The molecule has 1 amide bonds. The Hall–Kier alpha value is -2.86. The molecular formula is C23H26N4O2. The summed E-state index contributed by atoms with van der Waals surface area (Å²) in [7, 11) is 2.15. The molecule has 5 rings (SSSR count). The first kappa shape index (κ1) is 18.2. The van der Waals surface area contributed by atoms with E-state index in [1.807, 2.05) is 53.9 Å². The summed E-state index contributed by atoms with van der Waals surface area (Å²) in [6.07, 6.45) is 4.54. The van der Waals surface area contributed by atoms with Crippen LogP contribution < -0.4 is 10.1 Å². The van der Waals surface area contributed by atoms with Gasteiger partial charge in [0, 0.05) is 37.0 Å². The molecule has 1 atom stereocenters. The van der Waals surface area contributed by atoms with E-state index in [1.165, 1.54) is 0 Å². The second-order valence-electron chi connectivity index (χ2n) is 8.38. The monoisotopic (exact) mass is 390 g/mol. The fraction of sp³-hybridized carbons (Fsp3) is 0.391. The summed E-state index contributed by atoms with van der Waals surface area (Å²) in [5, 5.41) is 3.25. The van der Waals surface area contributed by atoms with Gasteiger partial charge in [-0.25, -0.2) is 4.98 Å². The second kappa shape index (κ2) is 6.88. The third-order valence-electron chi connectivity index (χ3n) is 6.33. The third kappa shape index (κ3) is 3.27. The molecule has 0 unspecified atom stereocenters. The van der Waals surface area contributed by atoms with E-state index in [0.29, 0.717) is 5.69 Å². The maximum Gasteiger partial charge on any atom is 0.271 e. The fourth-order valence-corrected chi connectivity index (χ4v) is 4.57. The van der Waals surface area contributed by atoms with Crippen LogP contribution in [0.2, 0.25) is 0 Å². The summed E-state index contributed by atoms with van der Waals surface area (Å²) in [6, 6.07) is 13.9. The van der Waals surface area contributed by atoms with Crippen LogP contribution in [0.3, 0.4) is 0 Å². The van der Waals surface area contributed by atoms with E-state index in [-0.39, 0.29) is 17.6 Å².